The molecule has 25 heavy (non-hydrogen) atoms. The van der Waals surface area contributed by atoms with Gasteiger partial charge in [-0.05, 0) is 62.3 Å². The Hall–Kier alpha value is -2.86. The molecule has 6 nitrogen and oxygen atoms in total. The molecule has 0 atom stereocenters. The third kappa shape index (κ3) is 4.36. The molecule has 1 saturated heterocycles. The van der Waals surface area contributed by atoms with Gasteiger partial charge in [0.05, 0.1) is 5.56 Å². The Morgan fingerprint density at radius 3 is 2.40 bits per heavy atom. The molecular formula is C19H21N3O3. The highest BCUT2D eigenvalue weighted by Gasteiger charge is 2.20. The van der Waals surface area contributed by atoms with Crippen LogP contribution >= 0.6 is 0 Å². The fraction of sp³-hybridized carbons (Fsp3) is 0.263. The first-order chi connectivity index (χ1) is 12.1. The van der Waals surface area contributed by atoms with Crippen LogP contribution in [0.4, 0.5) is 5.69 Å². The Kier molecular flexibility index (Phi) is 5.30. The summed E-state index contributed by atoms with van der Waals surface area (Å²) in [7, 11) is 0. The van der Waals surface area contributed by atoms with Crippen LogP contribution in [0, 0.1) is 5.92 Å². The second-order valence-corrected chi connectivity index (χ2v) is 6.00. The first kappa shape index (κ1) is 17.0. The summed E-state index contributed by atoms with van der Waals surface area (Å²) in [6, 6.07) is 13.9. The molecule has 1 heterocycles. The van der Waals surface area contributed by atoms with Gasteiger partial charge in [0, 0.05) is 11.6 Å². The predicted octanol–water partition coefficient (Wildman–Crippen LogP) is 2.52. The fourth-order valence-corrected chi connectivity index (χ4v) is 2.82. The Morgan fingerprint density at radius 1 is 1.04 bits per heavy atom. The van der Waals surface area contributed by atoms with E-state index in [2.05, 4.69) is 10.6 Å². The number of anilines is 1. The molecule has 0 spiro atoms. The van der Waals surface area contributed by atoms with Crippen LogP contribution < -0.4 is 21.1 Å². The van der Waals surface area contributed by atoms with Crippen molar-refractivity contribution < 1.29 is 14.3 Å². The van der Waals surface area contributed by atoms with E-state index in [9.17, 15) is 9.59 Å². The third-order valence-corrected chi connectivity index (χ3v) is 4.21. The molecule has 2 amide bonds. The molecule has 3 rings (SSSR count). The average molecular weight is 339 g/mol. The lowest BCUT2D eigenvalue weighted by Gasteiger charge is -2.21. The van der Waals surface area contributed by atoms with Crippen LogP contribution in [0.3, 0.4) is 0 Å². The number of piperidine rings is 1. The Bertz CT molecular complexity index is 753. The van der Waals surface area contributed by atoms with Gasteiger partial charge >= 0.3 is 0 Å². The molecule has 2 aromatic rings. The van der Waals surface area contributed by atoms with Crippen LogP contribution in [0.1, 0.15) is 23.2 Å². The number of rotatable bonds is 5. The molecule has 2 aromatic carbocycles. The largest absolute Gasteiger partial charge is 0.457 e. The summed E-state index contributed by atoms with van der Waals surface area (Å²) in [5.41, 5.74) is 6.39. The van der Waals surface area contributed by atoms with Gasteiger partial charge in [-0.1, -0.05) is 12.1 Å². The van der Waals surface area contributed by atoms with Crippen molar-refractivity contribution in [2.24, 2.45) is 11.7 Å². The van der Waals surface area contributed by atoms with Gasteiger partial charge in [0.15, 0.2) is 0 Å². The summed E-state index contributed by atoms with van der Waals surface area (Å²) in [5, 5.41) is 6.18. The summed E-state index contributed by atoms with van der Waals surface area (Å²) < 4.78 is 5.73. The third-order valence-electron chi connectivity index (χ3n) is 4.21. The topological polar surface area (TPSA) is 93.5 Å². The molecule has 1 fully saturated rings. The minimum Gasteiger partial charge on any atom is -0.457 e. The van der Waals surface area contributed by atoms with Crippen molar-refractivity contribution in [1.82, 2.24) is 5.32 Å². The van der Waals surface area contributed by atoms with E-state index in [1.165, 1.54) is 0 Å². The Balaban J connectivity index is 1.64. The zero-order chi connectivity index (χ0) is 17.6. The number of hydrogen-bond donors (Lipinski definition) is 3. The minimum absolute atomic E-state index is 0.0502. The van der Waals surface area contributed by atoms with E-state index < -0.39 is 5.91 Å². The van der Waals surface area contributed by atoms with Gasteiger partial charge in [-0.3, -0.25) is 9.59 Å². The highest BCUT2D eigenvalue weighted by molar-refractivity contribution is 5.95. The molecule has 1 aliphatic rings. The van der Waals surface area contributed by atoms with Gasteiger partial charge < -0.3 is 21.1 Å². The van der Waals surface area contributed by atoms with Crippen molar-refractivity contribution in [2.75, 3.05) is 18.4 Å². The van der Waals surface area contributed by atoms with Gasteiger partial charge in [-0.25, -0.2) is 0 Å². The number of para-hydroxylation sites is 1. The molecular weight excluding hydrogens is 318 g/mol. The Labute approximate surface area is 146 Å². The van der Waals surface area contributed by atoms with E-state index in [0.29, 0.717) is 17.1 Å². The van der Waals surface area contributed by atoms with E-state index >= 15 is 0 Å². The number of nitrogens with one attached hydrogen (secondary N) is 2. The number of amides is 2. The van der Waals surface area contributed by atoms with Crippen LogP contribution in [0.25, 0.3) is 0 Å². The van der Waals surface area contributed by atoms with E-state index in [1.54, 1.807) is 48.5 Å². The van der Waals surface area contributed by atoms with E-state index in [0.717, 1.165) is 31.6 Å². The molecule has 0 saturated carbocycles. The molecule has 0 aromatic heterocycles. The van der Waals surface area contributed by atoms with Crippen LogP contribution in [0.5, 0.6) is 11.5 Å². The molecule has 0 unspecified atom stereocenters. The van der Waals surface area contributed by atoms with Crippen molar-refractivity contribution in [1.29, 1.82) is 0 Å². The minimum atomic E-state index is -0.540. The van der Waals surface area contributed by atoms with Gasteiger partial charge in [-0.2, -0.15) is 0 Å². The monoisotopic (exact) mass is 339 g/mol. The number of carbonyl (C=O) groups is 2. The number of hydrogen-bond acceptors (Lipinski definition) is 4. The van der Waals surface area contributed by atoms with Gasteiger partial charge in [0.25, 0.3) is 5.91 Å². The maximum atomic E-state index is 12.2. The van der Waals surface area contributed by atoms with E-state index in [4.69, 9.17) is 10.5 Å². The summed E-state index contributed by atoms with van der Waals surface area (Å²) >= 11 is 0. The lowest BCUT2D eigenvalue weighted by Crippen LogP contribution is -2.34. The number of ether oxygens (including phenoxy) is 1. The number of benzene rings is 2. The van der Waals surface area contributed by atoms with Crippen molar-refractivity contribution >= 4 is 17.5 Å². The molecule has 0 radical (unpaired) electrons. The highest BCUT2D eigenvalue weighted by Crippen LogP contribution is 2.26. The highest BCUT2D eigenvalue weighted by atomic mass is 16.5. The van der Waals surface area contributed by atoms with Crippen molar-refractivity contribution in [3.8, 4) is 11.5 Å². The number of primary amides is 1. The van der Waals surface area contributed by atoms with Gasteiger partial charge in [-0.15, -0.1) is 0 Å². The second-order valence-electron chi connectivity index (χ2n) is 6.00. The lowest BCUT2D eigenvalue weighted by molar-refractivity contribution is -0.120. The fourth-order valence-electron chi connectivity index (χ4n) is 2.82. The van der Waals surface area contributed by atoms with Gasteiger partial charge in [0.2, 0.25) is 5.91 Å². The second kappa shape index (κ2) is 7.81. The predicted molar refractivity (Wildman–Crippen MR) is 95.7 cm³/mol. The van der Waals surface area contributed by atoms with Crippen molar-refractivity contribution in [3.63, 3.8) is 0 Å². The molecule has 130 valence electrons. The molecule has 0 bridgehead atoms. The standard InChI is InChI=1S/C19H21N3O3/c20-18(23)16-3-1-2-4-17(16)25-15-7-5-14(6-8-15)22-19(24)13-9-11-21-12-10-13/h1-8,13,21H,9-12H2,(H2,20,23)(H,22,24). The summed E-state index contributed by atoms with van der Waals surface area (Å²) in [6.45, 7) is 1.76. The quantitative estimate of drug-likeness (QED) is 0.780. The number of nitrogens with two attached hydrogens (primary N) is 1. The Morgan fingerprint density at radius 2 is 1.72 bits per heavy atom. The van der Waals surface area contributed by atoms with Crippen LogP contribution in [0.2, 0.25) is 0 Å². The van der Waals surface area contributed by atoms with E-state index in [-0.39, 0.29) is 11.8 Å². The summed E-state index contributed by atoms with van der Waals surface area (Å²) in [6.07, 6.45) is 1.72. The SMILES string of the molecule is NC(=O)c1ccccc1Oc1ccc(NC(=O)C2CCNCC2)cc1. The van der Waals surface area contributed by atoms with Crippen molar-refractivity contribution in [2.45, 2.75) is 12.8 Å². The maximum absolute atomic E-state index is 12.2. The lowest BCUT2D eigenvalue weighted by atomic mass is 9.97. The van der Waals surface area contributed by atoms with Gasteiger partial charge in [0.1, 0.15) is 11.5 Å². The maximum Gasteiger partial charge on any atom is 0.252 e. The zero-order valence-corrected chi connectivity index (χ0v) is 13.8. The molecule has 6 heteroatoms. The zero-order valence-electron chi connectivity index (χ0n) is 13.8. The van der Waals surface area contributed by atoms with E-state index in [1.807, 2.05) is 0 Å². The normalized spacial score (nSPS) is 14.7. The number of carbonyl (C=O) groups excluding carboxylic acids is 2. The molecule has 1 aliphatic heterocycles. The molecule has 0 aliphatic carbocycles. The van der Waals surface area contributed by atoms with Crippen LogP contribution in [-0.2, 0) is 4.79 Å². The average Bonchev–Trinajstić information content (AvgIpc) is 2.64. The first-order valence-electron chi connectivity index (χ1n) is 8.32. The molecule has 4 N–H and O–H groups in total. The smallest absolute Gasteiger partial charge is 0.252 e. The first-order valence-corrected chi connectivity index (χ1v) is 8.32. The van der Waals surface area contributed by atoms with Crippen molar-refractivity contribution in [3.05, 3.63) is 54.1 Å². The van der Waals surface area contributed by atoms with Crippen LogP contribution in [0.15, 0.2) is 48.5 Å². The summed E-state index contributed by atoms with van der Waals surface area (Å²) in [5.74, 6) is 0.533. The van der Waals surface area contributed by atoms with Crippen LogP contribution in [-0.4, -0.2) is 24.9 Å². The summed E-state index contributed by atoms with van der Waals surface area (Å²) in [4.78, 5) is 23.7.